The first kappa shape index (κ1) is 13.2. The molecule has 20 heavy (non-hydrogen) atoms. The van der Waals surface area contributed by atoms with Gasteiger partial charge in [0.25, 0.3) is 0 Å². The highest BCUT2D eigenvalue weighted by Gasteiger charge is 2.19. The molecule has 0 atom stereocenters. The van der Waals surface area contributed by atoms with E-state index in [2.05, 4.69) is 22.9 Å². The summed E-state index contributed by atoms with van der Waals surface area (Å²) < 4.78 is 2.12. The number of aryl methyl sites for hydroxylation is 1. The topological polar surface area (TPSA) is 54.3 Å². The van der Waals surface area contributed by atoms with E-state index >= 15 is 0 Å². The van der Waals surface area contributed by atoms with Crippen molar-refractivity contribution in [1.29, 1.82) is 0 Å². The summed E-state index contributed by atoms with van der Waals surface area (Å²) in [6.45, 7) is 3.66. The van der Waals surface area contributed by atoms with Gasteiger partial charge >= 0.3 is 5.97 Å². The average molecular weight is 272 g/mol. The Morgan fingerprint density at radius 1 is 1.45 bits per heavy atom. The summed E-state index contributed by atoms with van der Waals surface area (Å²) in [7, 11) is 0. The molecule has 0 aliphatic heterocycles. The number of benzene rings is 1. The van der Waals surface area contributed by atoms with Crippen LogP contribution in [0.3, 0.4) is 0 Å². The number of nitrogens with one attached hydrogen (secondary N) is 1. The minimum absolute atomic E-state index is 0.388. The SMILES string of the molecule is CCn1c(CNC2CCC2)cc2cccc(C(=O)O)c21. The number of carboxylic acids is 1. The van der Waals surface area contributed by atoms with Crippen LogP contribution < -0.4 is 5.32 Å². The first-order valence-electron chi connectivity index (χ1n) is 7.28. The Balaban J connectivity index is 1.99. The Hall–Kier alpha value is -1.81. The maximum atomic E-state index is 11.4. The lowest BCUT2D eigenvalue weighted by molar-refractivity contribution is 0.0698. The predicted octanol–water partition coefficient (Wildman–Crippen LogP) is 3.00. The molecule has 2 N–H and O–H groups in total. The standard InChI is InChI=1S/C16H20N2O2/c1-2-18-13(10-17-12-6-4-7-12)9-11-5-3-8-14(15(11)18)16(19)20/h3,5,8-9,12,17H,2,4,6-7,10H2,1H3,(H,19,20). The second kappa shape index (κ2) is 5.29. The third-order valence-electron chi connectivity index (χ3n) is 4.23. The molecule has 0 unspecified atom stereocenters. The maximum Gasteiger partial charge on any atom is 0.337 e. The average Bonchev–Trinajstić information content (AvgIpc) is 2.73. The lowest BCUT2D eigenvalue weighted by atomic mass is 9.93. The van der Waals surface area contributed by atoms with E-state index < -0.39 is 5.97 Å². The molecule has 1 fully saturated rings. The largest absolute Gasteiger partial charge is 0.478 e. The minimum Gasteiger partial charge on any atom is -0.478 e. The van der Waals surface area contributed by atoms with Crippen LogP contribution in [0.25, 0.3) is 10.9 Å². The zero-order valence-electron chi connectivity index (χ0n) is 11.7. The fourth-order valence-corrected chi connectivity index (χ4v) is 2.92. The fraction of sp³-hybridized carbons (Fsp3) is 0.438. The highest BCUT2D eigenvalue weighted by atomic mass is 16.4. The lowest BCUT2D eigenvalue weighted by Crippen LogP contribution is -2.35. The van der Waals surface area contributed by atoms with Gasteiger partial charge in [0.05, 0.1) is 11.1 Å². The van der Waals surface area contributed by atoms with Crippen molar-refractivity contribution in [3.63, 3.8) is 0 Å². The molecule has 1 heterocycles. The van der Waals surface area contributed by atoms with E-state index in [0.29, 0.717) is 11.6 Å². The van der Waals surface area contributed by atoms with E-state index in [1.807, 2.05) is 12.1 Å². The Bertz CT molecular complexity index is 641. The Morgan fingerprint density at radius 2 is 2.25 bits per heavy atom. The summed E-state index contributed by atoms with van der Waals surface area (Å²) in [5.74, 6) is -0.859. The third-order valence-corrected chi connectivity index (χ3v) is 4.23. The van der Waals surface area contributed by atoms with Gasteiger partial charge in [0.1, 0.15) is 0 Å². The first-order chi connectivity index (χ1) is 9.70. The number of hydrogen-bond acceptors (Lipinski definition) is 2. The highest BCUT2D eigenvalue weighted by molar-refractivity contribution is 6.02. The van der Waals surface area contributed by atoms with Crippen LogP contribution >= 0.6 is 0 Å². The maximum absolute atomic E-state index is 11.4. The third kappa shape index (κ3) is 2.20. The summed E-state index contributed by atoms with van der Waals surface area (Å²) in [5.41, 5.74) is 2.40. The van der Waals surface area contributed by atoms with Gasteiger partial charge in [0, 0.05) is 30.2 Å². The van der Waals surface area contributed by atoms with Crippen molar-refractivity contribution in [2.45, 2.75) is 45.3 Å². The monoisotopic (exact) mass is 272 g/mol. The molecular formula is C16H20N2O2. The van der Waals surface area contributed by atoms with Crippen LogP contribution in [-0.4, -0.2) is 21.7 Å². The summed E-state index contributed by atoms with van der Waals surface area (Å²) >= 11 is 0. The molecular weight excluding hydrogens is 252 g/mol. The molecule has 4 heteroatoms. The first-order valence-corrected chi connectivity index (χ1v) is 7.28. The summed E-state index contributed by atoms with van der Waals surface area (Å²) in [6.07, 6.45) is 3.83. The smallest absolute Gasteiger partial charge is 0.337 e. The summed E-state index contributed by atoms with van der Waals surface area (Å²) in [6, 6.07) is 8.23. The molecule has 1 saturated carbocycles. The van der Waals surface area contributed by atoms with E-state index in [0.717, 1.165) is 24.0 Å². The van der Waals surface area contributed by atoms with E-state index in [9.17, 15) is 9.90 Å². The number of nitrogens with zero attached hydrogens (tertiary/aromatic N) is 1. The van der Waals surface area contributed by atoms with E-state index in [1.54, 1.807) is 6.07 Å². The molecule has 0 amide bonds. The van der Waals surface area contributed by atoms with Crippen LogP contribution in [0, 0.1) is 0 Å². The van der Waals surface area contributed by atoms with Gasteiger partial charge in [-0.1, -0.05) is 18.6 Å². The van der Waals surface area contributed by atoms with Crippen molar-refractivity contribution in [3.05, 3.63) is 35.5 Å². The molecule has 0 radical (unpaired) electrons. The predicted molar refractivity (Wildman–Crippen MR) is 79.1 cm³/mol. The van der Waals surface area contributed by atoms with Crippen molar-refractivity contribution >= 4 is 16.9 Å². The van der Waals surface area contributed by atoms with E-state index in [-0.39, 0.29) is 0 Å². The van der Waals surface area contributed by atoms with Gasteiger partial charge in [0.15, 0.2) is 0 Å². The van der Waals surface area contributed by atoms with Crippen LogP contribution in [-0.2, 0) is 13.1 Å². The van der Waals surface area contributed by atoms with E-state index in [4.69, 9.17) is 0 Å². The van der Waals surface area contributed by atoms with Crippen molar-refractivity contribution < 1.29 is 9.90 Å². The highest BCUT2D eigenvalue weighted by Crippen LogP contribution is 2.25. The summed E-state index contributed by atoms with van der Waals surface area (Å²) in [4.78, 5) is 11.4. The molecule has 1 aromatic heterocycles. The van der Waals surface area contributed by atoms with Crippen LogP contribution in [0.1, 0.15) is 42.2 Å². The van der Waals surface area contributed by atoms with Crippen molar-refractivity contribution in [2.24, 2.45) is 0 Å². The van der Waals surface area contributed by atoms with Crippen LogP contribution in [0.2, 0.25) is 0 Å². The number of fused-ring (bicyclic) bond motifs is 1. The minimum atomic E-state index is -0.859. The quantitative estimate of drug-likeness (QED) is 0.879. The van der Waals surface area contributed by atoms with Gasteiger partial charge in [-0.25, -0.2) is 4.79 Å². The van der Waals surface area contributed by atoms with Gasteiger partial charge in [0.2, 0.25) is 0 Å². The molecule has 0 spiro atoms. The number of carboxylic acid groups (broad SMARTS) is 1. The van der Waals surface area contributed by atoms with Gasteiger partial charge in [-0.05, 0) is 31.9 Å². The Morgan fingerprint density at radius 3 is 2.85 bits per heavy atom. The normalized spacial score (nSPS) is 15.4. The molecule has 2 aromatic rings. The number of hydrogen-bond donors (Lipinski definition) is 2. The van der Waals surface area contributed by atoms with E-state index in [1.165, 1.54) is 25.0 Å². The molecule has 3 rings (SSSR count). The number of aromatic nitrogens is 1. The van der Waals surface area contributed by atoms with Crippen molar-refractivity contribution in [3.8, 4) is 0 Å². The number of rotatable bonds is 5. The zero-order chi connectivity index (χ0) is 14.1. The molecule has 4 nitrogen and oxygen atoms in total. The Labute approximate surface area is 118 Å². The zero-order valence-corrected chi connectivity index (χ0v) is 11.7. The number of para-hydroxylation sites is 1. The molecule has 1 aliphatic carbocycles. The van der Waals surface area contributed by atoms with Gasteiger partial charge < -0.3 is 15.0 Å². The fourth-order valence-electron chi connectivity index (χ4n) is 2.92. The molecule has 1 aromatic carbocycles. The van der Waals surface area contributed by atoms with Crippen LogP contribution in [0.4, 0.5) is 0 Å². The lowest BCUT2D eigenvalue weighted by Gasteiger charge is -2.26. The van der Waals surface area contributed by atoms with Crippen molar-refractivity contribution in [2.75, 3.05) is 0 Å². The van der Waals surface area contributed by atoms with Crippen LogP contribution in [0.15, 0.2) is 24.3 Å². The molecule has 0 bridgehead atoms. The van der Waals surface area contributed by atoms with Crippen molar-refractivity contribution in [1.82, 2.24) is 9.88 Å². The van der Waals surface area contributed by atoms with Crippen LogP contribution in [0.5, 0.6) is 0 Å². The number of aromatic carboxylic acids is 1. The van der Waals surface area contributed by atoms with Gasteiger partial charge in [-0.3, -0.25) is 0 Å². The second-order valence-corrected chi connectivity index (χ2v) is 5.44. The molecule has 106 valence electrons. The molecule has 1 aliphatic rings. The van der Waals surface area contributed by atoms with Gasteiger partial charge in [-0.15, -0.1) is 0 Å². The summed E-state index contributed by atoms with van der Waals surface area (Å²) in [5, 5.41) is 13.9. The molecule has 0 saturated heterocycles. The van der Waals surface area contributed by atoms with Gasteiger partial charge in [-0.2, -0.15) is 0 Å². The number of carbonyl (C=O) groups is 1. The second-order valence-electron chi connectivity index (χ2n) is 5.44. The Kier molecular flexibility index (Phi) is 3.49.